The minimum atomic E-state index is -1.64. The van der Waals surface area contributed by atoms with Crippen molar-refractivity contribution in [3.8, 4) is 0 Å². The summed E-state index contributed by atoms with van der Waals surface area (Å²) in [5.74, 6) is -6.91. The Balaban J connectivity index is 2.83. The van der Waals surface area contributed by atoms with Crippen LogP contribution in [0.4, 0.5) is 0 Å². The molecule has 1 heterocycles. The van der Waals surface area contributed by atoms with Crippen LogP contribution in [0.1, 0.15) is 67.9 Å². The topological polar surface area (TPSA) is 213 Å². The van der Waals surface area contributed by atoms with Crippen LogP contribution in [0, 0.1) is 17.8 Å². The Labute approximate surface area is 342 Å². The molecule has 4 N–H and O–H groups in total. The standard InChI is InChI=1S/C41H64N6O11/c1-21(2)23(5)31-39(53)47(13)33(27(9)56-14)41(55)58-34(22(3)4)32(43-28(10)48)40(54)57-30(20-29-18-16-15-17-19-29)38(52)46(12)25(7)35(49)42-24(6)37(51)45(11)26(8)36(50)44-31/h15-19,21-24,26-27,30-34,36,44,50H,7,20H2,1-6,8-14H3,(H,42,49)(H,43,48)/t23-,24+,26+,27-,30-,31+,32+,33+,34-,36?/m1/s1. The van der Waals surface area contributed by atoms with Crippen LogP contribution < -0.4 is 16.0 Å². The van der Waals surface area contributed by atoms with Crippen LogP contribution in [-0.4, -0.2) is 144 Å². The third-order valence-corrected chi connectivity index (χ3v) is 10.8. The van der Waals surface area contributed by atoms with Crippen LogP contribution in [0.3, 0.4) is 0 Å². The van der Waals surface area contributed by atoms with Crippen LogP contribution in [0.2, 0.25) is 0 Å². The van der Waals surface area contributed by atoms with Gasteiger partial charge in [0.2, 0.25) is 17.7 Å². The summed E-state index contributed by atoms with van der Waals surface area (Å²) < 4.78 is 17.4. The molecule has 1 fully saturated rings. The van der Waals surface area contributed by atoms with Crippen molar-refractivity contribution in [2.45, 2.75) is 123 Å². The van der Waals surface area contributed by atoms with E-state index in [-0.39, 0.29) is 18.0 Å². The summed E-state index contributed by atoms with van der Waals surface area (Å²) in [5.41, 5.74) is 0.209. The molecule has 17 heteroatoms. The molecule has 58 heavy (non-hydrogen) atoms. The third-order valence-electron chi connectivity index (χ3n) is 10.8. The first kappa shape index (κ1) is 49.3. The number of carbonyl (C=O) groups is 7. The quantitative estimate of drug-likeness (QED) is 0.214. The third kappa shape index (κ3) is 12.6. The van der Waals surface area contributed by atoms with Gasteiger partial charge in [0.1, 0.15) is 24.1 Å². The molecule has 1 unspecified atom stereocenters. The summed E-state index contributed by atoms with van der Waals surface area (Å²) >= 11 is 0. The molecule has 0 spiro atoms. The summed E-state index contributed by atoms with van der Waals surface area (Å²) in [4.78, 5) is 99.8. The number of aliphatic hydroxyl groups is 1. The second-order valence-corrected chi connectivity index (χ2v) is 15.7. The molecule has 324 valence electrons. The highest BCUT2D eigenvalue weighted by Gasteiger charge is 2.44. The number of aliphatic hydroxyl groups excluding tert-OH is 1. The number of ether oxygens (including phenoxy) is 3. The number of cyclic esters (lactones) is 2. The largest absolute Gasteiger partial charge is 0.458 e. The fourth-order valence-electron chi connectivity index (χ4n) is 6.38. The first-order chi connectivity index (χ1) is 27.0. The normalized spacial score (nSPS) is 28.0. The summed E-state index contributed by atoms with van der Waals surface area (Å²) in [7, 11) is 5.41. The molecule has 17 nitrogen and oxygen atoms in total. The molecule has 0 aliphatic carbocycles. The Hall–Kier alpha value is -4.87. The number of nitrogens with one attached hydrogen (secondary N) is 3. The molecule has 2 rings (SSSR count). The Bertz CT molecular complexity index is 1640. The number of likely N-dealkylation sites (N-methyl/N-ethyl adjacent to an activating group) is 3. The van der Waals surface area contributed by atoms with Gasteiger partial charge >= 0.3 is 11.9 Å². The number of carbonyl (C=O) groups excluding carboxylic acids is 7. The number of methoxy groups -OCH3 is 1. The zero-order valence-electron chi connectivity index (χ0n) is 36.1. The number of amides is 5. The molecule has 0 bridgehead atoms. The Morgan fingerprint density at radius 3 is 2.00 bits per heavy atom. The first-order valence-corrected chi connectivity index (χ1v) is 19.5. The van der Waals surface area contributed by atoms with E-state index in [4.69, 9.17) is 14.2 Å². The Morgan fingerprint density at radius 2 is 1.48 bits per heavy atom. The average molecular weight is 817 g/mol. The lowest BCUT2D eigenvalue weighted by atomic mass is 9.88. The van der Waals surface area contributed by atoms with Crippen molar-refractivity contribution in [1.82, 2.24) is 30.7 Å². The predicted molar refractivity (Wildman–Crippen MR) is 214 cm³/mol. The molecule has 1 aliphatic heterocycles. The van der Waals surface area contributed by atoms with Gasteiger partial charge in [0.25, 0.3) is 11.8 Å². The van der Waals surface area contributed by atoms with Gasteiger partial charge in [-0.2, -0.15) is 0 Å². The van der Waals surface area contributed by atoms with E-state index in [0.717, 1.165) is 16.7 Å². The second-order valence-electron chi connectivity index (χ2n) is 15.7. The number of hydrogen-bond donors (Lipinski definition) is 4. The predicted octanol–water partition coefficient (Wildman–Crippen LogP) is 0.981. The fraction of sp³-hybridized carbons (Fsp3) is 0.634. The van der Waals surface area contributed by atoms with E-state index in [1.54, 1.807) is 65.0 Å². The lowest BCUT2D eigenvalue weighted by Gasteiger charge is -2.39. The summed E-state index contributed by atoms with van der Waals surface area (Å²) in [6, 6.07) is 2.35. The molecule has 0 radical (unpaired) electrons. The molecule has 10 atom stereocenters. The summed E-state index contributed by atoms with van der Waals surface area (Å²) in [5, 5.41) is 19.4. The maximum Gasteiger partial charge on any atom is 0.333 e. The van der Waals surface area contributed by atoms with Gasteiger partial charge in [0.05, 0.1) is 18.2 Å². The van der Waals surface area contributed by atoms with Gasteiger partial charge in [-0.3, -0.25) is 29.3 Å². The number of benzene rings is 1. The molecule has 1 aromatic carbocycles. The smallest absolute Gasteiger partial charge is 0.333 e. The number of rotatable bonds is 8. The molecule has 0 saturated carbocycles. The monoisotopic (exact) mass is 816 g/mol. The minimum Gasteiger partial charge on any atom is -0.458 e. The van der Waals surface area contributed by atoms with Gasteiger partial charge in [0, 0.05) is 41.6 Å². The highest BCUT2D eigenvalue weighted by atomic mass is 16.6. The Morgan fingerprint density at radius 1 is 0.897 bits per heavy atom. The Kier molecular flexibility index (Phi) is 18.5. The van der Waals surface area contributed by atoms with Gasteiger partial charge < -0.3 is 44.7 Å². The first-order valence-electron chi connectivity index (χ1n) is 19.5. The van der Waals surface area contributed by atoms with Crippen LogP contribution >= 0.6 is 0 Å². The number of esters is 2. The van der Waals surface area contributed by atoms with E-state index in [1.165, 1.54) is 40.1 Å². The van der Waals surface area contributed by atoms with Gasteiger partial charge in [-0.1, -0.05) is 71.5 Å². The molecular formula is C41H64N6O11. The van der Waals surface area contributed by atoms with E-state index in [1.807, 2.05) is 13.8 Å². The van der Waals surface area contributed by atoms with Crippen molar-refractivity contribution < 1.29 is 52.9 Å². The molecule has 1 saturated heterocycles. The summed E-state index contributed by atoms with van der Waals surface area (Å²) in [6.07, 6.45) is -5.55. The SMILES string of the molecule is C=C1C(=O)N[C@@H](C)C(=O)N(C)[C@@H](C)C(O)N[C@@H]([C@H](C)C(C)C)C(=O)N(C)[C@@H]([C@@H](C)OC)C(=O)O[C@H](C(C)C)[C@H](NC(C)=O)C(=O)O[C@H](Cc2ccccc2)C(=O)N1C. The maximum absolute atomic E-state index is 14.4. The molecule has 1 aromatic rings. The number of nitrogens with zero attached hydrogens (tertiary/aromatic N) is 3. The van der Waals surface area contributed by atoms with E-state index in [2.05, 4.69) is 22.5 Å². The van der Waals surface area contributed by atoms with E-state index < -0.39 is 108 Å². The van der Waals surface area contributed by atoms with Gasteiger partial charge in [-0.05, 0) is 44.1 Å². The zero-order valence-corrected chi connectivity index (χ0v) is 36.1. The van der Waals surface area contributed by atoms with E-state index >= 15 is 0 Å². The van der Waals surface area contributed by atoms with E-state index in [0.29, 0.717) is 5.56 Å². The average Bonchev–Trinajstić information content (AvgIpc) is 3.17. The second kappa shape index (κ2) is 21.8. The molecule has 5 amide bonds. The van der Waals surface area contributed by atoms with Crippen molar-refractivity contribution in [3.05, 3.63) is 48.2 Å². The molecule has 0 aromatic heterocycles. The minimum absolute atomic E-state index is 0.102. The molecule has 1 aliphatic rings. The fourth-order valence-corrected chi connectivity index (χ4v) is 6.38. The van der Waals surface area contributed by atoms with Gasteiger partial charge in [-0.15, -0.1) is 0 Å². The van der Waals surface area contributed by atoms with E-state index in [9.17, 15) is 38.7 Å². The maximum atomic E-state index is 14.4. The van der Waals surface area contributed by atoms with Crippen LogP contribution in [0.25, 0.3) is 0 Å². The highest BCUT2D eigenvalue weighted by molar-refractivity contribution is 6.00. The van der Waals surface area contributed by atoms with Crippen molar-refractivity contribution in [2.24, 2.45) is 17.8 Å². The van der Waals surface area contributed by atoms with Crippen LogP contribution in [-0.2, 0) is 54.2 Å². The van der Waals surface area contributed by atoms with Crippen molar-refractivity contribution in [3.63, 3.8) is 0 Å². The highest BCUT2D eigenvalue weighted by Crippen LogP contribution is 2.23. The van der Waals surface area contributed by atoms with Gasteiger partial charge in [-0.25, -0.2) is 9.59 Å². The molecular weight excluding hydrogens is 752 g/mol. The van der Waals surface area contributed by atoms with Crippen LogP contribution in [0.15, 0.2) is 42.6 Å². The van der Waals surface area contributed by atoms with Crippen LogP contribution in [0.5, 0.6) is 0 Å². The lowest BCUT2D eigenvalue weighted by molar-refractivity contribution is -0.175. The zero-order chi connectivity index (χ0) is 44.3. The van der Waals surface area contributed by atoms with Crippen molar-refractivity contribution in [1.29, 1.82) is 0 Å². The van der Waals surface area contributed by atoms with Crippen molar-refractivity contribution >= 4 is 41.5 Å². The van der Waals surface area contributed by atoms with Gasteiger partial charge in [0.15, 0.2) is 18.2 Å². The summed E-state index contributed by atoms with van der Waals surface area (Å²) in [6.45, 7) is 18.3. The van der Waals surface area contributed by atoms with Crippen molar-refractivity contribution in [2.75, 3.05) is 28.3 Å². The lowest BCUT2D eigenvalue weighted by Crippen LogP contribution is -2.62. The number of hydrogen-bond acceptors (Lipinski definition) is 12.